The van der Waals surface area contributed by atoms with Crippen molar-refractivity contribution >= 4 is 18.5 Å². The highest BCUT2D eigenvalue weighted by Crippen LogP contribution is 2.28. The van der Waals surface area contributed by atoms with Gasteiger partial charge >= 0.3 is 6.09 Å². The van der Waals surface area contributed by atoms with E-state index in [4.69, 9.17) is 4.74 Å². The Morgan fingerprint density at radius 3 is 2.14 bits per heavy atom. The zero-order valence-corrected chi connectivity index (χ0v) is 14.5. The summed E-state index contributed by atoms with van der Waals surface area (Å²) in [5.41, 5.74) is -0.386. The number of ether oxygens (including phenoxy) is 1. The predicted molar refractivity (Wildman–Crippen MR) is 88.0 cm³/mol. The van der Waals surface area contributed by atoms with Crippen LogP contribution in [0.1, 0.15) is 52.9 Å². The van der Waals surface area contributed by atoms with Gasteiger partial charge in [-0.05, 0) is 77.8 Å². The summed E-state index contributed by atoms with van der Waals surface area (Å²) in [7, 11) is 0. The van der Waals surface area contributed by atoms with Crippen molar-refractivity contribution in [3.05, 3.63) is 0 Å². The van der Waals surface area contributed by atoms with Gasteiger partial charge in [0.1, 0.15) is 5.60 Å². The molecule has 2 aliphatic heterocycles. The molecule has 0 aromatic heterocycles. The number of likely N-dealkylation sites (tertiary alicyclic amines) is 1. The Morgan fingerprint density at radius 1 is 1.10 bits per heavy atom. The molecule has 5 heteroatoms. The van der Waals surface area contributed by atoms with E-state index in [1.807, 2.05) is 25.7 Å². The lowest BCUT2D eigenvalue weighted by Gasteiger charge is -2.35. The van der Waals surface area contributed by atoms with Gasteiger partial charge in [0.25, 0.3) is 0 Å². The molecule has 0 radical (unpaired) electrons. The molecule has 124 valence electrons. The molecule has 0 atom stereocenters. The number of carbonyl (C=O) groups is 1. The largest absolute Gasteiger partial charge is 0.444 e. The van der Waals surface area contributed by atoms with Gasteiger partial charge in [0, 0.05) is 13.1 Å². The summed E-state index contributed by atoms with van der Waals surface area (Å²) in [6.45, 7) is 9.87. The highest BCUT2D eigenvalue weighted by atomic mass is 35.5. The van der Waals surface area contributed by atoms with E-state index in [1.54, 1.807) is 0 Å². The van der Waals surface area contributed by atoms with Crippen LogP contribution in [0.4, 0.5) is 4.79 Å². The van der Waals surface area contributed by atoms with Gasteiger partial charge in [-0.25, -0.2) is 4.79 Å². The summed E-state index contributed by atoms with van der Waals surface area (Å²) in [6, 6.07) is 0. The Balaban J connectivity index is 0.00000220. The third-order valence-electron chi connectivity index (χ3n) is 4.39. The second-order valence-electron chi connectivity index (χ2n) is 7.34. The molecule has 0 spiro atoms. The molecule has 1 amide bonds. The van der Waals surface area contributed by atoms with Crippen molar-refractivity contribution in [3.8, 4) is 0 Å². The third kappa shape index (κ3) is 6.43. The SMILES string of the molecule is CC(C)(C)OC(=O)N1CCC(CC2CCNCC2)CC1.Cl. The van der Waals surface area contributed by atoms with Crippen LogP contribution >= 0.6 is 12.4 Å². The molecule has 0 unspecified atom stereocenters. The molecule has 0 aromatic carbocycles. The lowest BCUT2D eigenvalue weighted by molar-refractivity contribution is 0.0174. The fourth-order valence-electron chi connectivity index (χ4n) is 3.27. The van der Waals surface area contributed by atoms with E-state index in [-0.39, 0.29) is 24.1 Å². The summed E-state index contributed by atoms with van der Waals surface area (Å²) < 4.78 is 5.44. The average Bonchev–Trinajstić information content (AvgIpc) is 2.39. The molecule has 2 saturated heterocycles. The quantitative estimate of drug-likeness (QED) is 0.848. The zero-order chi connectivity index (χ0) is 14.6. The van der Waals surface area contributed by atoms with Crippen molar-refractivity contribution in [2.75, 3.05) is 26.2 Å². The number of rotatable bonds is 2. The molecule has 4 nitrogen and oxygen atoms in total. The van der Waals surface area contributed by atoms with E-state index in [0.717, 1.165) is 37.8 Å². The number of nitrogens with zero attached hydrogens (tertiary/aromatic N) is 1. The predicted octanol–water partition coefficient (Wildman–Crippen LogP) is 3.45. The molecule has 1 N–H and O–H groups in total. The van der Waals surface area contributed by atoms with Crippen LogP contribution in [-0.2, 0) is 4.74 Å². The van der Waals surface area contributed by atoms with Crippen molar-refractivity contribution in [3.63, 3.8) is 0 Å². The third-order valence-corrected chi connectivity index (χ3v) is 4.39. The first-order chi connectivity index (χ1) is 9.44. The van der Waals surface area contributed by atoms with E-state index in [1.165, 1.54) is 32.4 Å². The van der Waals surface area contributed by atoms with Crippen molar-refractivity contribution < 1.29 is 9.53 Å². The van der Waals surface area contributed by atoms with E-state index in [0.29, 0.717) is 0 Å². The Kier molecular flexibility index (Phi) is 7.28. The molecule has 2 fully saturated rings. The summed E-state index contributed by atoms with van der Waals surface area (Å²) in [5.74, 6) is 1.70. The molecule has 2 rings (SSSR count). The lowest BCUT2D eigenvalue weighted by Crippen LogP contribution is -2.42. The van der Waals surface area contributed by atoms with Gasteiger partial charge in [0.15, 0.2) is 0 Å². The number of amides is 1. The van der Waals surface area contributed by atoms with Crippen molar-refractivity contribution in [2.45, 2.75) is 58.5 Å². The first-order valence-electron chi connectivity index (χ1n) is 8.13. The monoisotopic (exact) mass is 318 g/mol. The Morgan fingerprint density at radius 2 is 1.62 bits per heavy atom. The standard InChI is InChI=1S/C16H30N2O2.ClH/c1-16(2,3)20-15(19)18-10-6-14(7-11-18)12-13-4-8-17-9-5-13;/h13-14,17H,4-12H2,1-3H3;1H. The zero-order valence-electron chi connectivity index (χ0n) is 13.7. The van der Waals surface area contributed by atoms with Gasteiger partial charge in [0.2, 0.25) is 0 Å². The van der Waals surface area contributed by atoms with Crippen LogP contribution in [0, 0.1) is 11.8 Å². The fourth-order valence-corrected chi connectivity index (χ4v) is 3.27. The minimum absolute atomic E-state index is 0. The van der Waals surface area contributed by atoms with E-state index in [9.17, 15) is 4.79 Å². The Labute approximate surface area is 135 Å². The normalized spacial score (nSPS) is 21.8. The van der Waals surface area contributed by atoms with E-state index in [2.05, 4.69) is 5.32 Å². The Bertz CT molecular complexity index is 317. The molecule has 21 heavy (non-hydrogen) atoms. The van der Waals surface area contributed by atoms with Crippen LogP contribution in [0.5, 0.6) is 0 Å². The van der Waals surface area contributed by atoms with Crippen LogP contribution in [0.3, 0.4) is 0 Å². The first-order valence-corrected chi connectivity index (χ1v) is 8.13. The molecular weight excluding hydrogens is 288 g/mol. The summed E-state index contributed by atoms with van der Waals surface area (Å²) >= 11 is 0. The number of halogens is 1. The summed E-state index contributed by atoms with van der Waals surface area (Å²) in [5, 5.41) is 3.43. The second-order valence-corrected chi connectivity index (χ2v) is 7.34. The number of hydrogen-bond donors (Lipinski definition) is 1. The van der Waals surface area contributed by atoms with Crippen LogP contribution in [0.25, 0.3) is 0 Å². The maximum Gasteiger partial charge on any atom is 0.410 e. The first kappa shape index (κ1) is 18.6. The van der Waals surface area contributed by atoms with Gasteiger partial charge < -0.3 is 15.0 Å². The second kappa shape index (κ2) is 8.23. The van der Waals surface area contributed by atoms with E-state index >= 15 is 0 Å². The molecule has 2 aliphatic rings. The van der Waals surface area contributed by atoms with Crippen LogP contribution in [0.2, 0.25) is 0 Å². The summed E-state index contributed by atoms with van der Waals surface area (Å²) in [4.78, 5) is 13.9. The number of carbonyl (C=O) groups excluding carboxylic acids is 1. The Hall–Kier alpha value is -0.480. The van der Waals surface area contributed by atoms with Gasteiger partial charge in [-0.2, -0.15) is 0 Å². The van der Waals surface area contributed by atoms with Crippen molar-refractivity contribution in [1.29, 1.82) is 0 Å². The number of piperidine rings is 2. The van der Waals surface area contributed by atoms with Gasteiger partial charge in [0.05, 0.1) is 0 Å². The topological polar surface area (TPSA) is 41.6 Å². The van der Waals surface area contributed by atoms with E-state index < -0.39 is 0 Å². The van der Waals surface area contributed by atoms with Gasteiger partial charge in [-0.15, -0.1) is 12.4 Å². The maximum absolute atomic E-state index is 12.0. The van der Waals surface area contributed by atoms with Crippen molar-refractivity contribution in [1.82, 2.24) is 10.2 Å². The van der Waals surface area contributed by atoms with Crippen LogP contribution < -0.4 is 5.32 Å². The highest BCUT2D eigenvalue weighted by Gasteiger charge is 2.28. The smallest absolute Gasteiger partial charge is 0.410 e. The lowest BCUT2D eigenvalue weighted by atomic mass is 9.83. The van der Waals surface area contributed by atoms with Crippen LogP contribution in [0.15, 0.2) is 0 Å². The number of nitrogens with one attached hydrogen (secondary N) is 1. The minimum atomic E-state index is -0.386. The minimum Gasteiger partial charge on any atom is -0.444 e. The maximum atomic E-state index is 12.0. The molecule has 0 aliphatic carbocycles. The molecule has 0 saturated carbocycles. The molecule has 0 aromatic rings. The fraction of sp³-hybridized carbons (Fsp3) is 0.938. The number of hydrogen-bond acceptors (Lipinski definition) is 3. The molecule has 0 bridgehead atoms. The van der Waals surface area contributed by atoms with Gasteiger partial charge in [-0.3, -0.25) is 0 Å². The molecular formula is C16H31ClN2O2. The average molecular weight is 319 g/mol. The van der Waals surface area contributed by atoms with Crippen molar-refractivity contribution in [2.24, 2.45) is 11.8 Å². The molecule has 2 heterocycles. The van der Waals surface area contributed by atoms with Gasteiger partial charge in [-0.1, -0.05) is 0 Å². The van der Waals surface area contributed by atoms with Crippen LogP contribution in [-0.4, -0.2) is 42.8 Å². The summed E-state index contributed by atoms with van der Waals surface area (Å²) in [6.07, 6.45) is 6.15. The highest BCUT2D eigenvalue weighted by molar-refractivity contribution is 5.85.